The zero-order valence-electron chi connectivity index (χ0n) is 11.7. The van der Waals surface area contributed by atoms with E-state index in [4.69, 9.17) is 9.47 Å². The van der Waals surface area contributed by atoms with Crippen molar-refractivity contribution in [3.63, 3.8) is 0 Å². The van der Waals surface area contributed by atoms with Crippen molar-refractivity contribution in [2.24, 2.45) is 0 Å². The highest BCUT2D eigenvalue weighted by Gasteiger charge is 2.32. The van der Waals surface area contributed by atoms with Gasteiger partial charge in [0.15, 0.2) is 12.0 Å². The van der Waals surface area contributed by atoms with Gasteiger partial charge in [-0.2, -0.15) is 0 Å². The Balaban J connectivity index is 1.98. The number of hydrogen-bond acceptors (Lipinski definition) is 4. The van der Waals surface area contributed by atoms with Crippen LogP contribution in [0.1, 0.15) is 0 Å². The first-order valence-corrected chi connectivity index (χ1v) is 6.45. The van der Waals surface area contributed by atoms with Crippen LogP contribution >= 0.6 is 0 Å². The van der Waals surface area contributed by atoms with Gasteiger partial charge in [-0.3, -0.25) is 0 Å². The number of carbonyl (C=O) groups is 1. The molecule has 1 fully saturated rings. The monoisotopic (exact) mass is 320 g/mol. The number of ether oxygens (including phenoxy) is 3. The molecule has 1 aliphatic rings. The maximum atomic E-state index is 12.3. The van der Waals surface area contributed by atoms with Gasteiger partial charge < -0.3 is 24.4 Å². The fourth-order valence-corrected chi connectivity index (χ4v) is 1.81. The van der Waals surface area contributed by atoms with Crippen LogP contribution < -0.4 is 10.1 Å². The topological polar surface area (TPSA) is 60.0 Å². The molecule has 0 saturated carbocycles. The molecule has 0 bridgehead atoms. The summed E-state index contributed by atoms with van der Waals surface area (Å²) >= 11 is 0. The Morgan fingerprint density at radius 2 is 2.00 bits per heavy atom. The number of alkyl halides is 3. The highest BCUT2D eigenvalue weighted by atomic mass is 19.4. The van der Waals surface area contributed by atoms with Crippen LogP contribution in [0.5, 0.6) is 5.75 Å². The van der Waals surface area contributed by atoms with Crippen molar-refractivity contribution in [1.82, 2.24) is 4.90 Å². The lowest BCUT2D eigenvalue weighted by atomic mass is 10.3. The Bertz CT molecular complexity index is 518. The second-order valence-electron chi connectivity index (χ2n) is 4.53. The third-order valence-electron chi connectivity index (χ3n) is 2.81. The molecule has 2 rings (SSSR count). The number of urea groups is 1. The lowest BCUT2D eigenvalue weighted by molar-refractivity contribution is -0.274. The van der Waals surface area contributed by atoms with Gasteiger partial charge in [0.05, 0.1) is 25.4 Å². The average Bonchev–Trinajstić information content (AvgIpc) is 2.92. The van der Waals surface area contributed by atoms with Crippen molar-refractivity contribution in [3.8, 4) is 5.75 Å². The Kier molecular flexibility index (Phi) is 5.09. The van der Waals surface area contributed by atoms with E-state index in [1.165, 1.54) is 30.1 Å². The summed E-state index contributed by atoms with van der Waals surface area (Å²) in [6, 6.07) is 4.70. The van der Waals surface area contributed by atoms with Crippen molar-refractivity contribution in [1.29, 1.82) is 0 Å². The zero-order chi connectivity index (χ0) is 16.2. The first kappa shape index (κ1) is 16.4. The van der Waals surface area contributed by atoms with Crippen LogP contribution in [-0.2, 0) is 9.47 Å². The van der Waals surface area contributed by atoms with Crippen LogP contribution in [0.15, 0.2) is 24.3 Å². The van der Waals surface area contributed by atoms with E-state index in [1.54, 1.807) is 0 Å². The van der Waals surface area contributed by atoms with E-state index in [1.807, 2.05) is 0 Å². The van der Waals surface area contributed by atoms with Gasteiger partial charge in [0.2, 0.25) is 0 Å². The maximum Gasteiger partial charge on any atom is 0.573 e. The van der Waals surface area contributed by atoms with E-state index in [0.717, 1.165) is 6.07 Å². The van der Waals surface area contributed by atoms with Gasteiger partial charge in [0.1, 0.15) is 0 Å². The van der Waals surface area contributed by atoms with Crippen LogP contribution in [0.4, 0.5) is 23.7 Å². The van der Waals surface area contributed by atoms with Gasteiger partial charge in [-0.15, -0.1) is 13.2 Å². The number of anilines is 1. The summed E-state index contributed by atoms with van der Waals surface area (Å²) < 4.78 is 51.2. The highest BCUT2D eigenvalue weighted by Crippen LogP contribution is 2.30. The van der Waals surface area contributed by atoms with E-state index in [0.29, 0.717) is 13.2 Å². The van der Waals surface area contributed by atoms with Gasteiger partial charge in [0, 0.05) is 7.05 Å². The molecular formula is C13H15F3N2O4. The van der Waals surface area contributed by atoms with Gasteiger partial charge in [-0.05, 0) is 12.1 Å². The first-order valence-electron chi connectivity index (χ1n) is 6.45. The second kappa shape index (κ2) is 6.84. The fourth-order valence-electron chi connectivity index (χ4n) is 1.81. The summed E-state index contributed by atoms with van der Waals surface area (Å²) in [5.74, 6) is -0.481. The molecule has 1 heterocycles. The van der Waals surface area contributed by atoms with Gasteiger partial charge in [0.25, 0.3) is 0 Å². The maximum absolute atomic E-state index is 12.3. The molecule has 0 aliphatic carbocycles. The normalized spacial score (nSPS) is 15.6. The molecule has 1 aromatic carbocycles. The predicted molar refractivity (Wildman–Crippen MR) is 70.5 cm³/mol. The molecule has 1 N–H and O–H groups in total. The minimum Gasteiger partial charge on any atom is -0.404 e. The summed E-state index contributed by atoms with van der Waals surface area (Å²) in [6.07, 6.45) is -5.37. The van der Waals surface area contributed by atoms with E-state index in [9.17, 15) is 18.0 Å². The van der Waals surface area contributed by atoms with Crippen molar-refractivity contribution in [2.45, 2.75) is 12.7 Å². The first-order chi connectivity index (χ1) is 10.3. The van der Waals surface area contributed by atoms with Crippen molar-refractivity contribution in [3.05, 3.63) is 24.3 Å². The molecule has 0 spiro atoms. The Labute approximate surface area is 124 Å². The molecular weight excluding hydrogens is 305 g/mol. The molecule has 0 unspecified atom stereocenters. The lowest BCUT2D eigenvalue weighted by Gasteiger charge is -2.21. The molecule has 0 atom stereocenters. The molecule has 1 aromatic rings. The SMILES string of the molecule is CN(CC1OCCO1)C(=O)Nc1ccccc1OC(F)(F)F. The largest absolute Gasteiger partial charge is 0.573 e. The van der Waals surface area contributed by atoms with Crippen LogP contribution in [0, 0.1) is 0 Å². The van der Waals surface area contributed by atoms with Gasteiger partial charge in [-0.25, -0.2) is 4.79 Å². The number of rotatable bonds is 4. The minimum atomic E-state index is -4.84. The van der Waals surface area contributed by atoms with Crippen molar-refractivity contribution >= 4 is 11.7 Å². The average molecular weight is 320 g/mol. The molecule has 122 valence electrons. The highest BCUT2D eigenvalue weighted by molar-refractivity contribution is 5.90. The number of benzene rings is 1. The van der Waals surface area contributed by atoms with E-state index < -0.39 is 24.4 Å². The smallest absolute Gasteiger partial charge is 0.404 e. The predicted octanol–water partition coefficient (Wildman–Crippen LogP) is 2.42. The molecule has 1 aliphatic heterocycles. The summed E-state index contributed by atoms with van der Waals surface area (Å²) in [6.45, 7) is 1.05. The third kappa shape index (κ3) is 4.78. The lowest BCUT2D eigenvalue weighted by Crippen LogP contribution is -2.37. The van der Waals surface area contributed by atoms with E-state index in [2.05, 4.69) is 10.1 Å². The summed E-state index contributed by atoms with van der Waals surface area (Å²) in [4.78, 5) is 13.2. The summed E-state index contributed by atoms with van der Waals surface area (Å²) in [5, 5.41) is 2.36. The van der Waals surface area contributed by atoms with Crippen LogP contribution in [0.25, 0.3) is 0 Å². The number of likely N-dealkylation sites (N-methyl/N-ethyl adjacent to an activating group) is 1. The number of nitrogens with one attached hydrogen (secondary N) is 1. The van der Waals surface area contributed by atoms with Crippen molar-refractivity contribution < 1.29 is 32.2 Å². The summed E-state index contributed by atoms with van der Waals surface area (Å²) in [7, 11) is 1.48. The number of amides is 2. The Hall–Kier alpha value is -2.00. The third-order valence-corrected chi connectivity index (χ3v) is 2.81. The number of carbonyl (C=O) groups excluding carboxylic acids is 1. The number of halogens is 3. The molecule has 6 nitrogen and oxygen atoms in total. The zero-order valence-corrected chi connectivity index (χ0v) is 11.7. The quantitative estimate of drug-likeness (QED) is 0.925. The summed E-state index contributed by atoms with van der Waals surface area (Å²) in [5.41, 5.74) is -0.0788. The molecule has 9 heteroatoms. The molecule has 0 aromatic heterocycles. The molecule has 0 radical (unpaired) electrons. The Morgan fingerprint density at radius 3 is 2.64 bits per heavy atom. The minimum absolute atomic E-state index is 0.0788. The van der Waals surface area contributed by atoms with Crippen LogP contribution in [0.3, 0.4) is 0 Å². The number of para-hydroxylation sites is 2. The number of nitrogens with zero attached hydrogens (tertiary/aromatic N) is 1. The Morgan fingerprint density at radius 1 is 1.36 bits per heavy atom. The number of hydrogen-bond donors (Lipinski definition) is 1. The molecule has 1 saturated heterocycles. The van der Waals surface area contributed by atoms with Crippen LogP contribution in [0.2, 0.25) is 0 Å². The van der Waals surface area contributed by atoms with Crippen molar-refractivity contribution in [2.75, 3.05) is 32.1 Å². The van der Waals surface area contributed by atoms with Gasteiger partial charge >= 0.3 is 12.4 Å². The molecule has 2 amide bonds. The van der Waals surface area contributed by atoms with Gasteiger partial charge in [-0.1, -0.05) is 12.1 Å². The fraction of sp³-hybridized carbons (Fsp3) is 0.462. The van der Waals surface area contributed by atoms with Crippen LogP contribution in [-0.4, -0.2) is 50.4 Å². The van der Waals surface area contributed by atoms with E-state index >= 15 is 0 Å². The molecule has 22 heavy (non-hydrogen) atoms. The van der Waals surface area contributed by atoms with E-state index in [-0.39, 0.29) is 12.2 Å². The second-order valence-corrected chi connectivity index (χ2v) is 4.53. The standard InChI is InChI=1S/C13H15F3N2O4/c1-18(8-11-20-6-7-21-11)12(19)17-9-4-2-3-5-10(9)22-13(14,15)16/h2-5,11H,6-8H2,1H3,(H,17,19).